The maximum atomic E-state index is 13.7. The van der Waals surface area contributed by atoms with Crippen molar-refractivity contribution in [1.82, 2.24) is 0 Å². The Morgan fingerprint density at radius 1 is 1.03 bits per heavy atom. The highest BCUT2D eigenvalue weighted by Gasteiger charge is 2.34. The molecule has 1 N–H and O–H groups in total. The molecular formula is C26H25FN2O2S. The second-order valence-electron chi connectivity index (χ2n) is 8.81. The highest BCUT2D eigenvalue weighted by molar-refractivity contribution is 8.00. The summed E-state index contributed by atoms with van der Waals surface area (Å²) in [6.45, 7) is 6.40. The number of anilines is 2. The summed E-state index contributed by atoms with van der Waals surface area (Å²) in [6, 6.07) is 21.1. The maximum Gasteiger partial charge on any atom is 0.255 e. The maximum absolute atomic E-state index is 13.7. The fraction of sp³-hybridized carbons (Fsp3) is 0.231. The molecule has 4 rings (SSSR count). The molecule has 3 aromatic rings. The SMILES string of the molecule is CC(C)(C)c1ccc(C(=O)Nc2ccc([C@@H]3SCC(=O)N3c3cccc(F)c3)cc2)cc1. The minimum atomic E-state index is -0.375. The third kappa shape index (κ3) is 4.70. The summed E-state index contributed by atoms with van der Waals surface area (Å²) in [5.74, 6) is -0.268. The zero-order chi connectivity index (χ0) is 22.9. The Labute approximate surface area is 191 Å². The molecule has 0 aromatic heterocycles. The van der Waals surface area contributed by atoms with E-state index in [0.29, 0.717) is 22.7 Å². The molecule has 0 saturated carbocycles. The van der Waals surface area contributed by atoms with Crippen molar-refractivity contribution in [2.75, 3.05) is 16.0 Å². The Hall–Kier alpha value is -3.12. The van der Waals surface area contributed by atoms with Gasteiger partial charge in [-0.05, 0) is 59.0 Å². The van der Waals surface area contributed by atoms with Gasteiger partial charge in [0.15, 0.2) is 0 Å². The predicted molar refractivity (Wildman–Crippen MR) is 129 cm³/mol. The molecule has 1 atom stereocenters. The van der Waals surface area contributed by atoms with Gasteiger partial charge in [0.1, 0.15) is 11.2 Å². The Morgan fingerprint density at radius 2 is 1.72 bits per heavy atom. The van der Waals surface area contributed by atoms with E-state index in [2.05, 4.69) is 26.1 Å². The number of amides is 2. The number of benzene rings is 3. The third-order valence-corrected chi connectivity index (χ3v) is 6.63. The van der Waals surface area contributed by atoms with E-state index in [1.54, 1.807) is 17.0 Å². The minimum Gasteiger partial charge on any atom is -0.322 e. The van der Waals surface area contributed by atoms with Gasteiger partial charge < -0.3 is 5.32 Å². The van der Waals surface area contributed by atoms with Gasteiger partial charge in [0.25, 0.3) is 5.91 Å². The Morgan fingerprint density at radius 3 is 2.34 bits per heavy atom. The van der Waals surface area contributed by atoms with Crippen LogP contribution in [0, 0.1) is 5.82 Å². The topological polar surface area (TPSA) is 49.4 Å². The molecule has 2 amide bonds. The lowest BCUT2D eigenvalue weighted by molar-refractivity contribution is -0.115. The summed E-state index contributed by atoms with van der Waals surface area (Å²) in [6.07, 6.45) is 0. The fourth-order valence-electron chi connectivity index (χ4n) is 3.63. The van der Waals surface area contributed by atoms with E-state index in [9.17, 15) is 14.0 Å². The van der Waals surface area contributed by atoms with E-state index in [1.807, 2.05) is 48.5 Å². The van der Waals surface area contributed by atoms with Crippen LogP contribution in [-0.2, 0) is 10.2 Å². The first-order valence-corrected chi connectivity index (χ1v) is 11.5. The van der Waals surface area contributed by atoms with Crippen LogP contribution in [0.2, 0.25) is 0 Å². The van der Waals surface area contributed by atoms with Crippen LogP contribution in [0.3, 0.4) is 0 Å². The normalized spacial score (nSPS) is 16.3. The van der Waals surface area contributed by atoms with Gasteiger partial charge in [0, 0.05) is 16.9 Å². The van der Waals surface area contributed by atoms with Gasteiger partial charge >= 0.3 is 0 Å². The van der Waals surface area contributed by atoms with Gasteiger partial charge in [0.2, 0.25) is 5.91 Å². The van der Waals surface area contributed by atoms with Crippen molar-refractivity contribution in [1.29, 1.82) is 0 Å². The van der Waals surface area contributed by atoms with Crippen molar-refractivity contribution in [3.8, 4) is 0 Å². The Bertz CT molecular complexity index is 1140. The molecule has 32 heavy (non-hydrogen) atoms. The fourth-order valence-corrected chi connectivity index (χ4v) is 4.81. The lowest BCUT2D eigenvalue weighted by atomic mass is 9.87. The van der Waals surface area contributed by atoms with Gasteiger partial charge in [-0.25, -0.2) is 4.39 Å². The number of carbonyl (C=O) groups is 2. The molecule has 4 nitrogen and oxygen atoms in total. The lowest BCUT2D eigenvalue weighted by Crippen LogP contribution is -2.27. The second kappa shape index (κ2) is 8.79. The number of nitrogens with one attached hydrogen (secondary N) is 1. The largest absolute Gasteiger partial charge is 0.322 e. The van der Waals surface area contributed by atoms with E-state index < -0.39 is 0 Å². The number of hydrogen-bond donors (Lipinski definition) is 1. The average Bonchev–Trinajstić information content (AvgIpc) is 3.15. The summed E-state index contributed by atoms with van der Waals surface area (Å²) in [7, 11) is 0. The smallest absolute Gasteiger partial charge is 0.255 e. The molecule has 1 fully saturated rings. The van der Waals surface area contributed by atoms with Gasteiger partial charge in [0.05, 0.1) is 5.75 Å². The monoisotopic (exact) mass is 448 g/mol. The zero-order valence-electron chi connectivity index (χ0n) is 18.3. The molecule has 0 aliphatic carbocycles. The zero-order valence-corrected chi connectivity index (χ0v) is 19.1. The van der Waals surface area contributed by atoms with Gasteiger partial charge in [-0.1, -0.05) is 51.1 Å². The van der Waals surface area contributed by atoms with E-state index in [0.717, 1.165) is 5.56 Å². The van der Waals surface area contributed by atoms with Crippen LogP contribution in [-0.4, -0.2) is 17.6 Å². The number of halogens is 1. The molecule has 3 aromatic carbocycles. The quantitative estimate of drug-likeness (QED) is 0.520. The van der Waals surface area contributed by atoms with Gasteiger partial charge in [-0.3, -0.25) is 14.5 Å². The van der Waals surface area contributed by atoms with Crippen molar-refractivity contribution in [3.63, 3.8) is 0 Å². The van der Waals surface area contributed by atoms with Crippen LogP contribution in [0.15, 0.2) is 72.8 Å². The van der Waals surface area contributed by atoms with Crippen molar-refractivity contribution in [3.05, 3.63) is 95.3 Å². The van der Waals surface area contributed by atoms with E-state index in [-0.39, 0.29) is 28.4 Å². The van der Waals surface area contributed by atoms with Crippen molar-refractivity contribution in [2.45, 2.75) is 31.6 Å². The van der Waals surface area contributed by atoms with Crippen LogP contribution in [0.1, 0.15) is 47.6 Å². The Balaban J connectivity index is 1.48. The minimum absolute atomic E-state index is 0.0316. The van der Waals surface area contributed by atoms with E-state index in [4.69, 9.17) is 0 Å². The van der Waals surface area contributed by atoms with Crippen LogP contribution in [0.25, 0.3) is 0 Å². The molecule has 0 spiro atoms. The molecule has 1 saturated heterocycles. The molecule has 164 valence electrons. The van der Waals surface area contributed by atoms with Crippen molar-refractivity contribution < 1.29 is 14.0 Å². The van der Waals surface area contributed by atoms with E-state index >= 15 is 0 Å². The van der Waals surface area contributed by atoms with Crippen LogP contribution in [0.5, 0.6) is 0 Å². The summed E-state index contributed by atoms with van der Waals surface area (Å²) in [5, 5.41) is 2.68. The summed E-state index contributed by atoms with van der Waals surface area (Å²) in [4.78, 5) is 26.7. The number of thioether (sulfide) groups is 1. The molecule has 0 bridgehead atoms. The lowest BCUT2D eigenvalue weighted by Gasteiger charge is -2.24. The molecule has 0 radical (unpaired) electrons. The summed E-state index contributed by atoms with van der Waals surface area (Å²) < 4.78 is 13.7. The number of hydrogen-bond acceptors (Lipinski definition) is 3. The van der Waals surface area contributed by atoms with Crippen LogP contribution >= 0.6 is 11.8 Å². The molecule has 0 unspecified atom stereocenters. The standard InChI is InChI=1S/C26H25FN2O2S/c1-26(2,3)19-11-7-17(8-12-19)24(31)28-21-13-9-18(10-14-21)25-29(23(30)16-32-25)22-6-4-5-20(27)15-22/h4-15,25H,16H2,1-3H3,(H,28,31)/t25-/m0/s1. The Kier molecular flexibility index (Phi) is 6.07. The second-order valence-corrected chi connectivity index (χ2v) is 9.88. The molecular weight excluding hydrogens is 423 g/mol. The van der Waals surface area contributed by atoms with Crippen molar-refractivity contribution >= 4 is 35.0 Å². The molecule has 6 heteroatoms. The first-order chi connectivity index (χ1) is 15.2. The number of rotatable bonds is 4. The molecule has 1 aliphatic heterocycles. The molecule has 1 heterocycles. The van der Waals surface area contributed by atoms with Gasteiger partial charge in [-0.2, -0.15) is 0 Å². The first kappa shape index (κ1) is 22.1. The highest BCUT2D eigenvalue weighted by Crippen LogP contribution is 2.42. The van der Waals surface area contributed by atoms with Crippen LogP contribution < -0.4 is 10.2 Å². The highest BCUT2D eigenvalue weighted by atomic mass is 32.2. The number of carbonyl (C=O) groups excluding carboxylic acids is 2. The summed E-state index contributed by atoms with van der Waals surface area (Å²) >= 11 is 1.50. The summed E-state index contributed by atoms with van der Waals surface area (Å²) in [5.41, 5.74) is 3.93. The predicted octanol–water partition coefficient (Wildman–Crippen LogP) is 6.15. The number of nitrogens with zero attached hydrogens (tertiary/aromatic N) is 1. The van der Waals surface area contributed by atoms with Crippen molar-refractivity contribution in [2.24, 2.45) is 0 Å². The van der Waals surface area contributed by atoms with Crippen LogP contribution in [0.4, 0.5) is 15.8 Å². The first-order valence-electron chi connectivity index (χ1n) is 10.4. The third-order valence-electron chi connectivity index (χ3n) is 5.42. The van der Waals surface area contributed by atoms with E-state index in [1.165, 1.54) is 29.5 Å². The average molecular weight is 449 g/mol. The molecule has 1 aliphatic rings. The van der Waals surface area contributed by atoms with Gasteiger partial charge in [-0.15, -0.1) is 11.8 Å².